The van der Waals surface area contributed by atoms with Crippen LogP contribution in [0.2, 0.25) is 0 Å². The third-order valence-electron chi connectivity index (χ3n) is 3.49. The van der Waals surface area contributed by atoms with E-state index in [2.05, 4.69) is 15.2 Å². The molecule has 4 nitrogen and oxygen atoms in total. The molecule has 3 heterocycles. The van der Waals surface area contributed by atoms with Gasteiger partial charge in [0.15, 0.2) is 0 Å². The van der Waals surface area contributed by atoms with E-state index in [0.717, 1.165) is 33.4 Å². The van der Waals surface area contributed by atoms with Crippen molar-refractivity contribution < 1.29 is 0 Å². The van der Waals surface area contributed by atoms with Crippen LogP contribution in [-0.2, 0) is 5.75 Å². The van der Waals surface area contributed by atoms with Gasteiger partial charge in [0.05, 0.1) is 11.4 Å². The van der Waals surface area contributed by atoms with Crippen molar-refractivity contribution >= 4 is 17.4 Å². The molecule has 1 aromatic carbocycles. The highest BCUT2D eigenvalue weighted by molar-refractivity contribution is 7.98. The second-order valence-corrected chi connectivity index (χ2v) is 6.11. The van der Waals surface area contributed by atoms with E-state index < -0.39 is 0 Å². The number of rotatable bonds is 4. The van der Waals surface area contributed by atoms with Gasteiger partial charge in [-0.15, -0.1) is 10.2 Å². The van der Waals surface area contributed by atoms with Gasteiger partial charge >= 0.3 is 0 Å². The summed E-state index contributed by atoms with van der Waals surface area (Å²) in [5, 5.41) is 9.51. The van der Waals surface area contributed by atoms with Crippen molar-refractivity contribution in [1.82, 2.24) is 19.6 Å². The summed E-state index contributed by atoms with van der Waals surface area (Å²) in [6.07, 6.45) is 4.05. The Morgan fingerprint density at radius 3 is 2.52 bits per heavy atom. The summed E-state index contributed by atoms with van der Waals surface area (Å²) in [5.74, 6) is 0.779. The van der Waals surface area contributed by atoms with Crippen LogP contribution in [0.5, 0.6) is 0 Å². The van der Waals surface area contributed by atoms with Gasteiger partial charge in [-0.1, -0.05) is 48.2 Å². The Bertz CT molecular complexity index is 884. The van der Waals surface area contributed by atoms with Gasteiger partial charge in [0.1, 0.15) is 10.7 Å². The minimum absolute atomic E-state index is 0.779. The molecule has 4 rings (SSSR count). The molecule has 0 atom stereocenters. The van der Waals surface area contributed by atoms with Crippen molar-refractivity contribution in [3.8, 4) is 11.3 Å². The van der Waals surface area contributed by atoms with Gasteiger partial charge in [-0.3, -0.25) is 0 Å². The normalized spacial score (nSPS) is 11.0. The summed E-state index contributed by atoms with van der Waals surface area (Å²) < 4.78 is 2.03. The average Bonchev–Trinajstić information content (AvgIpc) is 3.04. The fraction of sp³-hybridized carbons (Fsp3) is 0.0556. The second-order valence-electron chi connectivity index (χ2n) is 5.11. The van der Waals surface area contributed by atoms with Crippen LogP contribution in [0.3, 0.4) is 0 Å². The highest BCUT2D eigenvalue weighted by Gasteiger charge is 2.04. The number of nitrogens with zero attached hydrogens (tertiary/aromatic N) is 4. The first kappa shape index (κ1) is 14.0. The number of aromatic nitrogens is 4. The summed E-state index contributed by atoms with van der Waals surface area (Å²) in [6.45, 7) is 0. The fourth-order valence-corrected chi connectivity index (χ4v) is 3.06. The number of fused-ring (bicyclic) bond motifs is 1. The SMILES string of the molecule is c1ccc(-c2ccc(SCc3cn4ccccc4n3)nn2)cc1. The molecule has 0 aliphatic rings. The van der Waals surface area contributed by atoms with E-state index in [-0.39, 0.29) is 0 Å². The third kappa shape index (κ3) is 3.10. The van der Waals surface area contributed by atoms with Crippen LogP contribution in [0.4, 0.5) is 0 Å². The molecule has 0 saturated carbocycles. The molecule has 0 fully saturated rings. The molecule has 0 radical (unpaired) electrons. The lowest BCUT2D eigenvalue weighted by atomic mass is 10.1. The highest BCUT2D eigenvalue weighted by Crippen LogP contribution is 2.22. The van der Waals surface area contributed by atoms with E-state index in [1.165, 1.54) is 0 Å². The largest absolute Gasteiger partial charge is 0.307 e. The van der Waals surface area contributed by atoms with Crippen molar-refractivity contribution in [1.29, 1.82) is 0 Å². The van der Waals surface area contributed by atoms with Crippen LogP contribution in [0.15, 0.2) is 78.1 Å². The Hall–Kier alpha value is -2.66. The van der Waals surface area contributed by atoms with Crippen molar-refractivity contribution in [2.45, 2.75) is 10.8 Å². The molecule has 0 aliphatic carbocycles. The van der Waals surface area contributed by atoms with Crippen molar-refractivity contribution in [3.05, 3.63) is 78.8 Å². The smallest absolute Gasteiger partial charge is 0.137 e. The van der Waals surface area contributed by atoms with Crippen molar-refractivity contribution in [3.63, 3.8) is 0 Å². The molecule has 0 amide bonds. The highest BCUT2D eigenvalue weighted by atomic mass is 32.2. The number of hydrogen-bond acceptors (Lipinski definition) is 4. The van der Waals surface area contributed by atoms with E-state index in [1.54, 1.807) is 11.8 Å². The molecular formula is C18H14N4S. The molecule has 4 aromatic rings. The van der Waals surface area contributed by atoms with Crippen LogP contribution in [0, 0.1) is 0 Å². The first-order valence-electron chi connectivity index (χ1n) is 7.33. The topological polar surface area (TPSA) is 43.1 Å². The van der Waals surface area contributed by atoms with Crippen LogP contribution in [0.1, 0.15) is 5.69 Å². The molecule has 0 bridgehead atoms. The summed E-state index contributed by atoms with van der Waals surface area (Å²) >= 11 is 1.64. The number of benzene rings is 1. The number of hydrogen-bond donors (Lipinski definition) is 0. The molecule has 0 N–H and O–H groups in total. The monoisotopic (exact) mass is 318 g/mol. The van der Waals surface area contributed by atoms with Crippen LogP contribution >= 0.6 is 11.8 Å². The lowest BCUT2D eigenvalue weighted by molar-refractivity contribution is 0.935. The van der Waals surface area contributed by atoms with Gasteiger partial charge in [-0.05, 0) is 24.3 Å². The number of thioether (sulfide) groups is 1. The van der Waals surface area contributed by atoms with Gasteiger partial charge in [0.2, 0.25) is 0 Å². The van der Waals surface area contributed by atoms with E-state index in [0.29, 0.717) is 0 Å². The first-order valence-corrected chi connectivity index (χ1v) is 8.32. The zero-order valence-corrected chi connectivity index (χ0v) is 13.1. The minimum Gasteiger partial charge on any atom is -0.307 e. The van der Waals surface area contributed by atoms with Gasteiger partial charge in [-0.2, -0.15) is 0 Å². The standard InChI is InChI=1S/C18H14N4S/c1-2-6-14(7-3-1)16-9-10-18(21-20-16)23-13-15-12-22-11-5-4-8-17(22)19-15/h1-12H,13H2. The zero-order chi connectivity index (χ0) is 15.5. The molecule has 112 valence electrons. The Morgan fingerprint density at radius 2 is 1.74 bits per heavy atom. The predicted molar refractivity (Wildman–Crippen MR) is 92.2 cm³/mol. The Labute approximate surface area is 138 Å². The fourth-order valence-electron chi connectivity index (χ4n) is 2.36. The van der Waals surface area contributed by atoms with Crippen LogP contribution in [0.25, 0.3) is 16.9 Å². The third-order valence-corrected chi connectivity index (χ3v) is 4.45. The van der Waals surface area contributed by atoms with Gasteiger partial charge in [0.25, 0.3) is 0 Å². The second kappa shape index (κ2) is 6.22. The molecule has 0 unspecified atom stereocenters. The maximum Gasteiger partial charge on any atom is 0.137 e. The Morgan fingerprint density at radius 1 is 0.870 bits per heavy atom. The molecule has 0 aliphatic heterocycles. The van der Waals surface area contributed by atoms with Gasteiger partial charge in [-0.25, -0.2) is 4.98 Å². The average molecular weight is 318 g/mol. The molecular weight excluding hydrogens is 304 g/mol. The van der Waals surface area contributed by atoms with E-state index >= 15 is 0 Å². The number of imidazole rings is 1. The summed E-state index contributed by atoms with van der Waals surface area (Å²) in [7, 11) is 0. The maximum atomic E-state index is 4.59. The van der Waals surface area contributed by atoms with E-state index in [1.807, 2.05) is 77.5 Å². The Kier molecular flexibility index (Phi) is 3.78. The van der Waals surface area contributed by atoms with Gasteiger partial charge in [0, 0.05) is 23.7 Å². The summed E-state index contributed by atoms with van der Waals surface area (Å²) in [6, 6.07) is 20.1. The molecule has 23 heavy (non-hydrogen) atoms. The maximum absolute atomic E-state index is 4.59. The minimum atomic E-state index is 0.779. The molecule has 3 aromatic heterocycles. The zero-order valence-electron chi connectivity index (χ0n) is 12.3. The van der Waals surface area contributed by atoms with E-state index in [4.69, 9.17) is 0 Å². The van der Waals surface area contributed by atoms with Crippen molar-refractivity contribution in [2.24, 2.45) is 0 Å². The quantitative estimate of drug-likeness (QED) is 0.532. The van der Waals surface area contributed by atoms with Gasteiger partial charge < -0.3 is 4.40 Å². The van der Waals surface area contributed by atoms with Crippen LogP contribution in [-0.4, -0.2) is 19.6 Å². The lowest BCUT2D eigenvalue weighted by Gasteiger charge is -2.01. The van der Waals surface area contributed by atoms with E-state index in [9.17, 15) is 0 Å². The predicted octanol–water partition coefficient (Wildman–Crippen LogP) is 4.08. The van der Waals surface area contributed by atoms with Crippen LogP contribution < -0.4 is 0 Å². The summed E-state index contributed by atoms with van der Waals surface area (Å²) in [4.78, 5) is 4.59. The Balaban J connectivity index is 1.47. The molecule has 0 spiro atoms. The van der Waals surface area contributed by atoms with Crippen molar-refractivity contribution in [2.75, 3.05) is 0 Å². The number of pyridine rings is 1. The molecule has 5 heteroatoms. The molecule has 0 saturated heterocycles. The lowest BCUT2D eigenvalue weighted by Crippen LogP contribution is -1.90. The summed E-state index contributed by atoms with van der Waals surface area (Å²) in [5.41, 5.74) is 3.98. The first-order chi connectivity index (χ1) is 11.4.